The summed E-state index contributed by atoms with van der Waals surface area (Å²) in [6.45, 7) is 1.65. The van der Waals surface area contributed by atoms with Crippen molar-refractivity contribution in [1.29, 1.82) is 0 Å². The zero-order chi connectivity index (χ0) is 19.6. The van der Waals surface area contributed by atoms with Gasteiger partial charge in [0.15, 0.2) is 0 Å². The van der Waals surface area contributed by atoms with E-state index >= 15 is 0 Å². The molecule has 0 spiro atoms. The molecule has 0 unspecified atom stereocenters. The predicted octanol–water partition coefficient (Wildman–Crippen LogP) is 4.16. The van der Waals surface area contributed by atoms with Crippen molar-refractivity contribution in [2.75, 3.05) is 5.73 Å². The molecule has 3 N–H and O–H groups in total. The van der Waals surface area contributed by atoms with Crippen molar-refractivity contribution in [3.05, 3.63) is 70.9 Å². The zero-order valence-corrected chi connectivity index (χ0v) is 14.2. The number of aromatic hydroxyl groups is 1. The SMILES string of the molecule is Cc1nc(N)nc(-c2cccc(C(F)(F)F)c2)c1C#Cc1cccc(O)c1. The second-order valence-electron chi connectivity index (χ2n) is 5.77. The van der Waals surface area contributed by atoms with Gasteiger partial charge >= 0.3 is 6.18 Å². The Balaban J connectivity index is 2.15. The van der Waals surface area contributed by atoms with Crippen molar-refractivity contribution in [3.63, 3.8) is 0 Å². The number of hydrogen-bond donors (Lipinski definition) is 2. The highest BCUT2D eigenvalue weighted by Crippen LogP contribution is 2.33. The van der Waals surface area contributed by atoms with E-state index in [0.717, 1.165) is 12.1 Å². The lowest BCUT2D eigenvalue weighted by molar-refractivity contribution is -0.137. The number of aromatic nitrogens is 2. The van der Waals surface area contributed by atoms with E-state index in [1.165, 1.54) is 24.3 Å². The molecular formula is C20H14F3N3O. The zero-order valence-electron chi connectivity index (χ0n) is 14.2. The van der Waals surface area contributed by atoms with Crippen molar-refractivity contribution >= 4 is 5.95 Å². The maximum atomic E-state index is 13.0. The topological polar surface area (TPSA) is 72.0 Å². The summed E-state index contributed by atoms with van der Waals surface area (Å²) in [5.41, 5.74) is 6.72. The Morgan fingerprint density at radius 1 is 1.00 bits per heavy atom. The van der Waals surface area contributed by atoms with E-state index in [4.69, 9.17) is 5.73 Å². The number of benzene rings is 2. The number of alkyl halides is 3. The summed E-state index contributed by atoms with van der Waals surface area (Å²) in [6, 6.07) is 11.1. The molecular weight excluding hydrogens is 355 g/mol. The van der Waals surface area contributed by atoms with Gasteiger partial charge in [0.1, 0.15) is 5.75 Å². The number of nitrogen functional groups attached to an aromatic ring is 1. The van der Waals surface area contributed by atoms with Gasteiger partial charge in [-0.05, 0) is 37.3 Å². The van der Waals surface area contributed by atoms with E-state index in [1.54, 1.807) is 19.1 Å². The molecule has 0 aliphatic rings. The van der Waals surface area contributed by atoms with Gasteiger partial charge in [0.2, 0.25) is 5.95 Å². The summed E-state index contributed by atoms with van der Waals surface area (Å²) in [7, 11) is 0. The Kier molecular flexibility index (Phi) is 4.74. The molecule has 0 radical (unpaired) electrons. The highest BCUT2D eigenvalue weighted by atomic mass is 19.4. The van der Waals surface area contributed by atoms with Gasteiger partial charge in [-0.2, -0.15) is 13.2 Å². The number of hydrogen-bond acceptors (Lipinski definition) is 4. The van der Waals surface area contributed by atoms with Crippen LogP contribution in [0.3, 0.4) is 0 Å². The van der Waals surface area contributed by atoms with E-state index in [1.807, 2.05) is 0 Å². The molecule has 0 amide bonds. The van der Waals surface area contributed by atoms with Gasteiger partial charge in [0, 0.05) is 11.1 Å². The van der Waals surface area contributed by atoms with Gasteiger partial charge in [-0.15, -0.1) is 0 Å². The van der Waals surface area contributed by atoms with Gasteiger partial charge < -0.3 is 10.8 Å². The Labute approximate surface area is 153 Å². The second kappa shape index (κ2) is 7.00. The maximum absolute atomic E-state index is 13.0. The third-order valence-corrected chi connectivity index (χ3v) is 3.75. The van der Waals surface area contributed by atoms with Crippen molar-refractivity contribution in [2.24, 2.45) is 0 Å². The first-order valence-electron chi connectivity index (χ1n) is 7.87. The van der Waals surface area contributed by atoms with Crippen LogP contribution in [0.15, 0.2) is 48.5 Å². The van der Waals surface area contributed by atoms with Crippen molar-refractivity contribution < 1.29 is 18.3 Å². The van der Waals surface area contributed by atoms with Crippen LogP contribution in [0.25, 0.3) is 11.3 Å². The summed E-state index contributed by atoms with van der Waals surface area (Å²) in [6.07, 6.45) is -4.48. The standard InChI is InChI=1S/C20H14F3N3O/c1-12-17(9-8-13-4-2-7-16(27)10-13)18(26-19(24)25-12)14-5-3-6-15(11-14)20(21,22)23/h2-7,10-11,27H,1H3,(H2,24,25,26). The normalized spacial score (nSPS) is 11.0. The van der Waals surface area contributed by atoms with E-state index in [-0.39, 0.29) is 23.0 Å². The Morgan fingerprint density at radius 3 is 2.44 bits per heavy atom. The first-order valence-corrected chi connectivity index (χ1v) is 7.87. The van der Waals surface area contributed by atoms with Crippen LogP contribution in [0.2, 0.25) is 0 Å². The van der Waals surface area contributed by atoms with Crippen molar-refractivity contribution in [2.45, 2.75) is 13.1 Å². The molecule has 1 heterocycles. The molecule has 0 aliphatic carbocycles. The summed E-state index contributed by atoms with van der Waals surface area (Å²) in [4.78, 5) is 8.16. The number of aryl methyl sites for hydroxylation is 1. The molecule has 3 rings (SSSR count). The van der Waals surface area contributed by atoms with E-state index in [2.05, 4.69) is 21.8 Å². The van der Waals surface area contributed by atoms with Gasteiger partial charge in [0.25, 0.3) is 0 Å². The molecule has 2 aromatic carbocycles. The fourth-order valence-electron chi connectivity index (χ4n) is 2.51. The molecule has 0 saturated heterocycles. The van der Waals surface area contributed by atoms with Gasteiger partial charge in [0.05, 0.1) is 22.5 Å². The lowest BCUT2D eigenvalue weighted by Gasteiger charge is -2.11. The third-order valence-electron chi connectivity index (χ3n) is 3.75. The average Bonchev–Trinajstić information content (AvgIpc) is 2.60. The molecule has 27 heavy (non-hydrogen) atoms. The number of rotatable bonds is 1. The fourth-order valence-corrected chi connectivity index (χ4v) is 2.51. The van der Waals surface area contributed by atoms with Gasteiger partial charge in [-0.25, -0.2) is 9.97 Å². The first-order chi connectivity index (χ1) is 12.7. The van der Waals surface area contributed by atoms with E-state index < -0.39 is 11.7 Å². The van der Waals surface area contributed by atoms with Gasteiger partial charge in [-0.1, -0.05) is 30.0 Å². The fraction of sp³-hybridized carbons (Fsp3) is 0.100. The van der Waals surface area contributed by atoms with Gasteiger partial charge in [-0.3, -0.25) is 0 Å². The Morgan fingerprint density at radius 2 is 1.74 bits per heavy atom. The summed E-state index contributed by atoms with van der Waals surface area (Å²) in [5, 5.41) is 9.53. The Hall–Kier alpha value is -3.53. The number of phenolic OH excluding ortho intramolecular Hbond substituents is 1. The summed E-state index contributed by atoms with van der Waals surface area (Å²) >= 11 is 0. The monoisotopic (exact) mass is 369 g/mol. The van der Waals surface area contributed by atoms with Crippen LogP contribution >= 0.6 is 0 Å². The van der Waals surface area contributed by atoms with Crippen molar-refractivity contribution in [1.82, 2.24) is 9.97 Å². The molecule has 4 nitrogen and oxygen atoms in total. The minimum atomic E-state index is -4.48. The highest BCUT2D eigenvalue weighted by Gasteiger charge is 2.30. The van der Waals surface area contributed by atoms with E-state index in [9.17, 15) is 18.3 Å². The molecule has 1 aromatic heterocycles. The maximum Gasteiger partial charge on any atom is 0.416 e. The second-order valence-corrected chi connectivity index (χ2v) is 5.77. The molecule has 0 fully saturated rings. The molecule has 0 bridgehead atoms. The largest absolute Gasteiger partial charge is 0.508 e. The predicted molar refractivity (Wildman–Crippen MR) is 95.7 cm³/mol. The number of anilines is 1. The average molecular weight is 369 g/mol. The minimum Gasteiger partial charge on any atom is -0.508 e. The Bertz CT molecular complexity index is 1070. The number of phenols is 1. The molecule has 0 aliphatic heterocycles. The lowest BCUT2D eigenvalue weighted by atomic mass is 10.0. The third kappa shape index (κ3) is 4.18. The van der Waals surface area contributed by atoms with Crippen LogP contribution in [0.1, 0.15) is 22.4 Å². The van der Waals surface area contributed by atoms with Crippen LogP contribution in [0, 0.1) is 18.8 Å². The van der Waals surface area contributed by atoms with E-state index in [0.29, 0.717) is 16.8 Å². The van der Waals surface area contributed by atoms with Crippen molar-refractivity contribution in [3.8, 4) is 28.8 Å². The molecule has 0 saturated carbocycles. The number of nitrogens with zero attached hydrogens (tertiary/aromatic N) is 2. The lowest BCUT2D eigenvalue weighted by Crippen LogP contribution is -2.06. The molecule has 7 heteroatoms. The first kappa shape index (κ1) is 18.3. The van der Waals surface area contributed by atoms with Crippen LogP contribution in [-0.2, 0) is 6.18 Å². The summed E-state index contributed by atoms with van der Waals surface area (Å²) in [5.74, 6) is 5.76. The quantitative estimate of drug-likeness (QED) is 0.632. The van der Waals surface area contributed by atoms with Crippen LogP contribution in [-0.4, -0.2) is 15.1 Å². The highest BCUT2D eigenvalue weighted by molar-refractivity contribution is 5.70. The molecule has 3 aromatic rings. The minimum absolute atomic E-state index is 0.0529. The summed E-state index contributed by atoms with van der Waals surface area (Å²) < 4.78 is 39.1. The number of halogens is 3. The van der Waals surface area contributed by atoms with Crippen LogP contribution < -0.4 is 5.73 Å². The van der Waals surface area contributed by atoms with Crippen LogP contribution in [0.5, 0.6) is 5.75 Å². The van der Waals surface area contributed by atoms with Crippen LogP contribution in [0.4, 0.5) is 19.1 Å². The number of nitrogens with two attached hydrogens (primary N) is 1. The molecule has 0 atom stereocenters. The smallest absolute Gasteiger partial charge is 0.416 e. The molecule has 136 valence electrons.